The molecule has 21 heavy (non-hydrogen) atoms. The van der Waals surface area contributed by atoms with Crippen LogP contribution in [-0.4, -0.2) is 36.5 Å². The molecule has 0 heterocycles. The van der Waals surface area contributed by atoms with E-state index in [4.69, 9.17) is 14.2 Å². The van der Waals surface area contributed by atoms with Gasteiger partial charge in [0.25, 0.3) is 0 Å². The van der Waals surface area contributed by atoms with Crippen molar-refractivity contribution in [1.29, 1.82) is 0 Å². The summed E-state index contributed by atoms with van der Waals surface area (Å²) in [5.41, 5.74) is -0.995. The van der Waals surface area contributed by atoms with E-state index in [0.29, 0.717) is 5.94 Å². The second kappa shape index (κ2) is 8.63. The van der Waals surface area contributed by atoms with Crippen LogP contribution in [0.3, 0.4) is 0 Å². The van der Waals surface area contributed by atoms with E-state index < -0.39 is 10.8 Å². The Hall–Kier alpha value is -0.750. The minimum Gasteiger partial charge on any atom is -0.463 e. The Balaban J connectivity index is 3.70. The molecular weight excluding hydrogens is 292 g/mol. The maximum absolute atomic E-state index is 11.6. The maximum Gasteiger partial charge on any atom is 0.312 e. The van der Waals surface area contributed by atoms with Crippen molar-refractivity contribution in [1.82, 2.24) is 0 Å². The van der Waals surface area contributed by atoms with E-state index in [0.717, 1.165) is 0 Å². The number of hydrogen-bond acceptors (Lipinski definition) is 6. The Morgan fingerprint density at radius 3 is 1.86 bits per heavy atom. The van der Waals surface area contributed by atoms with Crippen molar-refractivity contribution in [3.63, 3.8) is 0 Å². The molecule has 0 bridgehead atoms. The standard InChI is InChI=1S/C15H28O5S/c1-11(8-18-12(16)14(2,3)4)19-9-21-10-20-13(17)15(5,6)7/h11H,8-10H2,1-7H3. The highest BCUT2D eigenvalue weighted by molar-refractivity contribution is 7.98. The van der Waals surface area contributed by atoms with Crippen LogP contribution < -0.4 is 0 Å². The van der Waals surface area contributed by atoms with Crippen molar-refractivity contribution in [2.45, 2.75) is 54.6 Å². The first-order chi connectivity index (χ1) is 9.44. The van der Waals surface area contributed by atoms with Gasteiger partial charge < -0.3 is 14.2 Å². The Morgan fingerprint density at radius 2 is 1.38 bits per heavy atom. The summed E-state index contributed by atoms with van der Waals surface area (Å²) >= 11 is 1.36. The average Bonchev–Trinajstić information content (AvgIpc) is 2.32. The number of thioether (sulfide) groups is 1. The second-order valence-electron chi connectivity index (χ2n) is 6.95. The molecule has 0 fully saturated rings. The number of ether oxygens (including phenoxy) is 3. The van der Waals surface area contributed by atoms with Gasteiger partial charge in [0.1, 0.15) is 12.5 Å². The van der Waals surface area contributed by atoms with Gasteiger partial charge in [0.15, 0.2) is 0 Å². The summed E-state index contributed by atoms with van der Waals surface area (Å²) in [4.78, 5) is 23.1. The summed E-state index contributed by atoms with van der Waals surface area (Å²) in [6.07, 6.45) is -0.192. The molecule has 1 unspecified atom stereocenters. The van der Waals surface area contributed by atoms with Crippen LogP contribution in [0, 0.1) is 10.8 Å². The molecule has 0 amide bonds. The molecule has 0 spiro atoms. The summed E-state index contributed by atoms with van der Waals surface area (Å²) in [7, 11) is 0. The zero-order valence-electron chi connectivity index (χ0n) is 14.1. The van der Waals surface area contributed by atoms with Crippen LogP contribution in [0.4, 0.5) is 0 Å². The quantitative estimate of drug-likeness (QED) is 0.408. The van der Waals surface area contributed by atoms with Gasteiger partial charge in [-0.3, -0.25) is 9.59 Å². The van der Waals surface area contributed by atoms with Gasteiger partial charge in [-0.05, 0) is 48.5 Å². The van der Waals surface area contributed by atoms with E-state index in [1.54, 1.807) is 20.8 Å². The number of carbonyl (C=O) groups excluding carboxylic acids is 2. The predicted molar refractivity (Wildman–Crippen MR) is 83.8 cm³/mol. The van der Waals surface area contributed by atoms with Crippen molar-refractivity contribution < 1.29 is 23.8 Å². The van der Waals surface area contributed by atoms with E-state index in [2.05, 4.69) is 0 Å². The van der Waals surface area contributed by atoms with Crippen molar-refractivity contribution in [3.8, 4) is 0 Å². The lowest BCUT2D eigenvalue weighted by atomic mass is 9.97. The average molecular weight is 320 g/mol. The van der Waals surface area contributed by atoms with E-state index >= 15 is 0 Å². The van der Waals surface area contributed by atoms with E-state index in [-0.39, 0.29) is 30.6 Å². The monoisotopic (exact) mass is 320 g/mol. The molecule has 0 rings (SSSR count). The lowest BCUT2D eigenvalue weighted by Crippen LogP contribution is -2.27. The first kappa shape index (κ1) is 20.2. The molecule has 0 radical (unpaired) electrons. The molecule has 0 saturated carbocycles. The van der Waals surface area contributed by atoms with Crippen LogP contribution >= 0.6 is 11.8 Å². The van der Waals surface area contributed by atoms with Crippen LogP contribution in [0.2, 0.25) is 0 Å². The van der Waals surface area contributed by atoms with Crippen molar-refractivity contribution in [3.05, 3.63) is 0 Å². The van der Waals surface area contributed by atoms with E-state index in [9.17, 15) is 9.59 Å². The fourth-order valence-electron chi connectivity index (χ4n) is 0.968. The Bertz CT molecular complexity index is 341. The second-order valence-corrected chi connectivity index (χ2v) is 7.83. The highest BCUT2D eigenvalue weighted by Gasteiger charge is 2.24. The smallest absolute Gasteiger partial charge is 0.312 e. The number of hydrogen-bond donors (Lipinski definition) is 0. The predicted octanol–water partition coefficient (Wildman–Crippen LogP) is 3.22. The van der Waals surface area contributed by atoms with Crippen molar-refractivity contribution >= 4 is 23.7 Å². The van der Waals surface area contributed by atoms with Gasteiger partial charge >= 0.3 is 11.9 Å². The zero-order chi connectivity index (χ0) is 16.7. The summed E-state index contributed by atoms with van der Waals surface area (Å²) < 4.78 is 15.7. The van der Waals surface area contributed by atoms with Crippen LogP contribution in [0.25, 0.3) is 0 Å². The van der Waals surface area contributed by atoms with Crippen LogP contribution in [0.15, 0.2) is 0 Å². The van der Waals surface area contributed by atoms with Gasteiger partial charge in [-0.15, -0.1) is 0 Å². The summed E-state index contributed by atoms with van der Waals surface area (Å²) in [6, 6.07) is 0. The molecule has 0 aliphatic rings. The molecular formula is C15H28O5S. The van der Waals surface area contributed by atoms with Gasteiger partial charge in [0, 0.05) is 0 Å². The Morgan fingerprint density at radius 1 is 0.905 bits per heavy atom. The third kappa shape index (κ3) is 9.74. The third-order valence-electron chi connectivity index (χ3n) is 2.38. The number of rotatable bonds is 7. The lowest BCUT2D eigenvalue weighted by molar-refractivity contribution is -0.156. The number of carbonyl (C=O) groups is 2. The fraction of sp³-hybridized carbons (Fsp3) is 0.867. The highest BCUT2D eigenvalue weighted by atomic mass is 32.2. The molecule has 124 valence electrons. The van der Waals surface area contributed by atoms with Crippen molar-refractivity contribution in [2.75, 3.05) is 18.5 Å². The largest absolute Gasteiger partial charge is 0.463 e. The van der Waals surface area contributed by atoms with Crippen LogP contribution in [0.5, 0.6) is 0 Å². The summed E-state index contributed by atoms with van der Waals surface area (Å²) in [5, 5.41) is 0. The minimum atomic E-state index is -0.504. The van der Waals surface area contributed by atoms with E-state index in [1.165, 1.54) is 11.8 Å². The summed E-state index contributed by atoms with van der Waals surface area (Å²) in [5.74, 6) is 0.155. The van der Waals surface area contributed by atoms with E-state index in [1.807, 2.05) is 27.7 Å². The summed E-state index contributed by atoms with van der Waals surface area (Å²) in [6.45, 7) is 12.9. The van der Waals surface area contributed by atoms with Gasteiger partial charge in [0.05, 0.1) is 22.9 Å². The molecule has 1 atom stereocenters. The SMILES string of the molecule is CC(COC(=O)C(C)(C)C)OCSCOC(=O)C(C)(C)C. The minimum absolute atomic E-state index is 0.192. The van der Waals surface area contributed by atoms with Gasteiger partial charge in [0.2, 0.25) is 0 Å². The van der Waals surface area contributed by atoms with Crippen molar-refractivity contribution in [2.24, 2.45) is 10.8 Å². The Labute approximate surface area is 132 Å². The lowest BCUT2D eigenvalue weighted by Gasteiger charge is -2.19. The molecule has 0 aromatic heterocycles. The Kier molecular flexibility index (Phi) is 8.33. The molecule has 0 N–H and O–H groups in total. The maximum atomic E-state index is 11.6. The highest BCUT2D eigenvalue weighted by Crippen LogP contribution is 2.17. The molecule has 6 heteroatoms. The first-order valence-electron chi connectivity index (χ1n) is 6.98. The fourth-order valence-corrected chi connectivity index (χ4v) is 1.55. The molecule has 0 aromatic rings. The molecule has 0 aliphatic carbocycles. The van der Waals surface area contributed by atoms with Gasteiger partial charge in [-0.1, -0.05) is 11.8 Å². The van der Waals surface area contributed by atoms with Crippen LogP contribution in [-0.2, 0) is 23.8 Å². The van der Waals surface area contributed by atoms with Gasteiger partial charge in [-0.25, -0.2) is 0 Å². The first-order valence-corrected chi connectivity index (χ1v) is 8.14. The van der Waals surface area contributed by atoms with Gasteiger partial charge in [-0.2, -0.15) is 0 Å². The molecule has 0 aliphatic heterocycles. The van der Waals surface area contributed by atoms with Crippen LogP contribution in [0.1, 0.15) is 48.5 Å². The normalized spacial score (nSPS) is 13.7. The molecule has 0 saturated heterocycles. The zero-order valence-corrected chi connectivity index (χ0v) is 15.0. The number of esters is 2. The third-order valence-corrected chi connectivity index (χ3v) is 2.97. The molecule has 5 nitrogen and oxygen atoms in total. The molecule has 0 aromatic carbocycles. The topological polar surface area (TPSA) is 61.8 Å².